The second kappa shape index (κ2) is 6.51. The van der Waals surface area contributed by atoms with Gasteiger partial charge in [-0.05, 0) is 31.4 Å². The average molecular weight is 241 g/mol. The molecule has 1 rings (SSSR count). The van der Waals surface area contributed by atoms with E-state index in [0.29, 0.717) is 13.0 Å². The van der Waals surface area contributed by atoms with Gasteiger partial charge in [0.25, 0.3) is 0 Å². The van der Waals surface area contributed by atoms with Crippen molar-refractivity contribution >= 4 is 11.9 Å². The molecule has 0 saturated carbocycles. The van der Waals surface area contributed by atoms with Gasteiger partial charge in [-0.15, -0.1) is 0 Å². The van der Waals surface area contributed by atoms with Crippen LogP contribution in [0.15, 0.2) is 12.2 Å². The van der Waals surface area contributed by atoms with Crippen LogP contribution in [0.5, 0.6) is 0 Å². The number of carbonyl (C=O) groups is 2. The third kappa shape index (κ3) is 4.66. The van der Waals surface area contributed by atoms with Crippen LogP contribution in [0.2, 0.25) is 0 Å². The Morgan fingerprint density at radius 2 is 2.24 bits per heavy atom. The van der Waals surface area contributed by atoms with Crippen molar-refractivity contribution in [2.75, 3.05) is 6.54 Å². The highest BCUT2D eigenvalue weighted by molar-refractivity contribution is 5.83. The van der Waals surface area contributed by atoms with Crippen molar-refractivity contribution in [2.45, 2.75) is 44.8 Å². The number of ether oxygens (including phenoxy) is 2. The molecular weight excluding hydrogens is 222 g/mol. The molecule has 1 aliphatic rings. The number of hydrogen-bond donors (Lipinski definition) is 1. The number of esters is 2. The molecule has 0 radical (unpaired) electrons. The van der Waals surface area contributed by atoms with Gasteiger partial charge < -0.3 is 15.2 Å². The van der Waals surface area contributed by atoms with E-state index in [1.165, 1.54) is 6.92 Å². The van der Waals surface area contributed by atoms with Crippen LogP contribution in [0.1, 0.15) is 32.6 Å². The molecule has 5 nitrogen and oxygen atoms in total. The van der Waals surface area contributed by atoms with Crippen molar-refractivity contribution in [3.8, 4) is 0 Å². The molecule has 2 N–H and O–H groups in total. The Kier molecular flexibility index (Phi) is 5.31. The highest BCUT2D eigenvalue weighted by Crippen LogP contribution is 2.28. The van der Waals surface area contributed by atoms with Crippen LogP contribution < -0.4 is 5.73 Å². The largest absolute Gasteiger partial charge is 0.393 e. The van der Waals surface area contributed by atoms with Crippen LogP contribution in [0.3, 0.4) is 0 Å². The number of hydrogen-bond acceptors (Lipinski definition) is 5. The molecule has 1 unspecified atom stereocenters. The Labute approximate surface area is 101 Å². The third-order valence-corrected chi connectivity index (χ3v) is 2.66. The van der Waals surface area contributed by atoms with E-state index in [1.807, 2.05) is 0 Å². The van der Waals surface area contributed by atoms with E-state index in [2.05, 4.69) is 11.3 Å². The standard InChI is InChI=1S/C12H19NO4/c1-8-7-10(17-11(8)5-6-13)3-4-12(15)16-9(2)14/h10-11H,1,3-7,13H2,2H3/t10-,11?/m0/s1. The SMILES string of the molecule is C=C1C[C@H](CCC(=O)OC(C)=O)OC1CCN. The van der Waals surface area contributed by atoms with E-state index in [4.69, 9.17) is 10.5 Å². The van der Waals surface area contributed by atoms with Crippen LogP contribution in [0.4, 0.5) is 0 Å². The molecule has 0 aromatic rings. The van der Waals surface area contributed by atoms with Crippen molar-refractivity contribution in [3.05, 3.63) is 12.2 Å². The Morgan fingerprint density at radius 1 is 1.53 bits per heavy atom. The van der Waals surface area contributed by atoms with Gasteiger partial charge in [0.15, 0.2) is 0 Å². The van der Waals surface area contributed by atoms with E-state index < -0.39 is 11.9 Å². The summed E-state index contributed by atoms with van der Waals surface area (Å²) in [5, 5.41) is 0. The van der Waals surface area contributed by atoms with Gasteiger partial charge in [-0.25, -0.2) is 0 Å². The van der Waals surface area contributed by atoms with Gasteiger partial charge in [0.1, 0.15) is 0 Å². The monoisotopic (exact) mass is 241 g/mol. The minimum absolute atomic E-state index is 0.00817. The average Bonchev–Trinajstić information content (AvgIpc) is 2.57. The summed E-state index contributed by atoms with van der Waals surface area (Å²) in [4.78, 5) is 21.7. The second-order valence-corrected chi connectivity index (χ2v) is 4.19. The minimum Gasteiger partial charge on any atom is -0.393 e. The number of carbonyl (C=O) groups excluding carboxylic acids is 2. The van der Waals surface area contributed by atoms with Gasteiger partial charge in [-0.2, -0.15) is 0 Å². The molecule has 0 amide bonds. The van der Waals surface area contributed by atoms with Crippen molar-refractivity contribution in [2.24, 2.45) is 5.73 Å². The van der Waals surface area contributed by atoms with Crippen LogP contribution in [-0.4, -0.2) is 30.7 Å². The Bertz CT molecular complexity index is 314. The first-order valence-electron chi connectivity index (χ1n) is 5.77. The lowest BCUT2D eigenvalue weighted by molar-refractivity contribution is -0.158. The smallest absolute Gasteiger partial charge is 0.313 e. The van der Waals surface area contributed by atoms with Crippen molar-refractivity contribution < 1.29 is 19.1 Å². The first-order valence-corrected chi connectivity index (χ1v) is 5.77. The quantitative estimate of drug-likeness (QED) is 0.440. The lowest BCUT2D eigenvalue weighted by Crippen LogP contribution is -2.17. The maximum Gasteiger partial charge on any atom is 0.313 e. The van der Waals surface area contributed by atoms with Crippen LogP contribution >= 0.6 is 0 Å². The predicted octanol–water partition coefficient (Wildman–Crippen LogP) is 0.919. The highest BCUT2D eigenvalue weighted by Gasteiger charge is 2.28. The summed E-state index contributed by atoms with van der Waals surface area (Å²) in [6.07, 6.45) is 2.23. The lowest BCUT2D eigenvalue weighted by atomic mass is 10.0. The van der Waals surface area contributed by atoms with Crippen molar-refractivity contribution in [1.29, 1.82) is 0 Å². The van der Waals surface area contributed by atoms with Crippen LogP contribution in [-0.2, 0) is 19.1 Å². The predicted molar refractivity (Wildman–Crippen MR) is 62.1 cm³/mol. The van der Waals surface area contributed by atoms with Gasteiger partial charge in [0.05, 0.1) is 12.2 Å². The van der Waals surface area contributed by atoms with E-state index >= 15 is 0 Å². The molecule has 1 heterocycles. The van der Waals surface area contributed by atoms with Crippen molar-refractivity contribution in [3.63, 3.8) is 0 Å². The maximum absolute atomic E-state index is 11.2. The zero-order valence-electron chi connectivity index (χ0n) is 10.1. The first-order chi connectivity index (χ1) is 8.02. The maximum atomic E-state index is 11.2. The molecule has 1 aliphatic heterocycles. The zero-order valence-corrected chi connectivity index (χ0v) is 10.1. The molecule has 17 heavy (non-hydrogen) atoms. The minimum atomic E-state index is -0.576. The van der Waals surface area contributed by atoms with E-state index in [0.717, 1.165) is 18.4 Å². The molecule has 0 aliphatic carbocycles. The summed E-state index contributed by atoms with van der Waals surface area (Å²) in [7, 11) is 0. The molecule has 0 spiro atoms. The fraction of sp³-hybridized carbons (Fsp3) is 0.667. The molecule has 0 bridgehead atoms. The number of nitrogens with two attached hydrogens (primary N) is 1. The summed E-state index contributed by atoms with van der Waals surface area (Å²) in [6, 6.07) is 0. The van der Waals surface area contributed by atoms with Crippen molar-refractivity contribution in [1.82, 2.24) is 0 Å². The molecule has 0 aromatic heterocycles. The molecule has 5 heteroatoms. The Morgan fingerprint density at radius 3 is 2.82 bits per heavy atom. The summed E-state index contributed by atoms with van der Waals surface area (Å²) in [6.45, 7) is 5.70. The fourth-order valence-corrected chi connectivity index (χ4v) is 1.88. The van der Waals surface area contributed by atoms with E-state index in [9.17, 15) is 9.59 Å². The lowest BCUT2D eigenvalue weighted by Gasteiger charge is -2.12. The fourth-order valence-electron chi connectivity index (χ4n) is 1.88. The van der Waals surface area contributed by atoms with Gasteiger partial charge >= 0.3 is 11.9 Å². The third-order valence-electron chi connectivity index (χ3n) is 2.66. The highest BCUT2D eigenvalue weighted by atomic mass is 16.6. The second-order valence-electron chi connectivity index (χ2n) is 4.19. The number of rotatable bonds is 5. The first kappa shape index (κ1) is 13.9. The van der Waals surface area contributed by atoms with Gasteiger partial charge in [-0.1, -0.05) is 6.58 Å². The molecule has 0 aromatic carbocycles. The zero-order chi connectivity index (χ0) is 12.8. The van der Waals surface area contributed by atoms with Gasteiger partial charge in [-0.3, -0.25) is 9.59 Å². The molecular formula is C12H19NO4. The Balaban J connectivity index is 2.28. The normalized spacial score (nSPS) is 23.8. The molecule has 1 fully saturated rings. The van der Waals surface area contributed by atoms with E-state index in [1.54, 1.807) is 0 Å². The van der Waals surface area contributed by atoms with Crippen LogP contribution in [0.25, 0.3) is 0 Å². The summed E-state index contributed by atoms with van der Waals surface area (Å²) >= 11 is 0. The summed E-state index contributed by atoms with van der Waals surface area (Å²) in [5.74, 6) is -1.08. The Hall–Kier alpha value is -1.20. The van der Waals surface area contributed by atoms with Gasteiger partial charge in [0, 0.05) is 13.3 Å². The molecule has 96 valence electrons. The van der Waals surface area contributed by atoms with Crippen LogP contribution in [0, 0.1) is 0 Å². The molecule has 1 saturated heterocycles. The van der Waals surface area contributed by atoms with E-state index in [-0.39, 0.29) is 18.6 Å². The summed E-state index contributed by atoms with van der Waals surface area (Å²) < 4.78 is 10.1. The molecule has 2 atom stereocenters. The van der Waals surface area contributed by atoms with Gasteiger partial charge in [0.2, 0.25) is 0 Å². The summed E-state index contributed by atoms with van der Waals surface area (Å²) in [5.41, 5.74) is 6.49. The topological polar surface area (TPSA) is 78.6 Å².